The van der Waals surface area contributed by atoms with Gasteiger partial charge in [-0.2, -0.15) is 0 Å². The van der Waals surface area contributed by atoms with Gasteiger partial charge < -0.3 is 19.4 Å². The lowest BCUT2D eigenvalue weighted by Crippen LogP contribution is -2.30. The van der Waals surface area contributed by atoms with Gasteiger partial charge in [-0.05, 0) is 98.9 Å². The van der Waals surface area contributed by atoms with Crippen molar-refractivity contribution in [1.82, 2.24) is 9.55 Å². The van der Waals surface area contributed by atoms with E-state index in [0.29, 0.717) is 23.8 Å². The fraction of sp³-hybridized carbons (Fsp3) is 0.533. The number of benzene rings is 2. The summed E-state index contributed by atoms with van der Waals surface area (Å²) in [6, 6.07) is 12.7. The van der Waals surface area contributed by atoms with Crippen molar-refractivity contribution in [1.29, 1.82) is 0 Å². The van der Waals surface area contributed by atoms with Crippen LogP contribution in [0.1, 0.15) is 71.0 Å². The molecule has 2 aromatic carbocycles. The smallest absolute Gasteiger partial charge is 0.309 e. The Hall–Kier alpha value is -3.02. The lowest BCUT2D eigenvalue weighted by molar-refractivity contribution is -0.139. The summed E-state index contributed by atoms with van der Waals surface area (Å²) in [5, 5.41) is 3.61. The van der Waals surface area contributed by atoms with Crippen molar-refractivity contribution in [2.75, 3.05) is 12.4 Å². The third-order valence-electron chi connectivity index (χ3n) is 7.51. The highest BCUT2D eigenvalue weighted by Crippen LogP contribution is 2.44. The van der Waals surface area contributed by atoms with Gasteiger partial charge >= 0.3 is 5.97 Å². The van der Waals surface area contributed by atoms with E-state index in [0.717, 1.165) is 46.0 Å². The molecule has 0 unspecified atom stereocenters. The van der Waals surface area contributed by atoms with E-state index < -0.39 is 0 Å². The van der Waals surface area contributed by atoms with Gasteiger partial charge in [-0.3, -0.25) is 4.79 Å². The third kappa shape index (κ3) is 5.69. The van der Waals surface area contributed by atoms with E-state index in [1.165, 1.54) is 20.0 Å². The summed E-state index contributed by atoms with van der Waals surface area (Å²) >= 11 is 0. The molecule has 1 N–H and O–H groups in total. The number of hydrogen-bond donors (Lipinski definition) is 1. The number of hydrogen-bond acceptors (Lipinski definition) is 5. The summed E-state index contributed by atoms with van der Waals surface area (Å²) in [6.45, 7) is 13.2. The number of aromatic nitrogens is 2. The van der Waals surface area contributed by atoms with E-state index in [1.807, 2.05) is 38.1 Å². The van der Waals surface area contributed by atoms with Crippen molar-refractivity contribution < 1.29 is 14.3 Å². The molecule has 36 heavy (non-hydrogen) atoms. The molecule has 0 radical (unpaired) electrons. The standard InChI is InChI=1S/C30H41N3O3/c1-18(2)25-13-8-20(5)14-27(25)33-28-15-21(6)22(17-29(34)35-7)16-26(28)32-30(33)31-23-9-11-24(12-10-23)36-19(3)4/h9-12,15-16,18-20,25,27H,8,13-14,17H2,1-7H3,(H,31,32)/t20-,25+,27-/m1/s1. The normalized spacial score (nSPS) is 20.2. The minimum absolute atomic E-state index is 0.136. The molecule has 194 valence electrons. The molecule has 0 spiro atoms. The van der Waals surface area contributed by atoms with Crippen molar-refractivity contribution in [3.05, 3.63) is 47.5 Å². The summed E-state index contributed by atoms with van der Waals surface area (Å²) in [5.74, 6) is 3.30. The van der Waals surface area contributed by atoms with E-state index >= 15 is 0 Å². The van der Waals surface area contributed by atoms with Crippen LogP contribution in [0.2, 0.25) is 0 Å². The SMILES string of the molecule is COC(=O)Cc1cc2nc(Nc3ccc(OC(C)C)cc3)n([C@@H]3C[C@H](C)CC[C@H]3C(C)C)c2cc1C. The molecule has 1 aromatic heterocycles. The topological polar surface area (TPSA) is 65.4 Å². The van der Waals surface area contributed by atoms with Crippen LogP contribution < -0.4 is 10.1 Å². The number of nitrogens with one attached hydrogen (secondary N) is 1. The van der Waals surface area contributed by atoms with Crippen molar-refractivity contribution >= 4 is 28.6 Å². The average molecular weight is 492 g/mol. The Labute approximate surface area is 215 Å². The zero-order valence-electron chi connectivity index (χ0n) is 22.8. The molecule has 3 aromatic rings. The van der Waals surface area contributed by atoms with E-state index in [9.17, 15) is 4.79 Å². The number of ether oxygens (including phenoxy) is 2. The van der Waals surface area contributed by atoms with Crippen LogP contribution in [-0.4, -0.2) is 28.7 Å². The first kappa shape index (κ1) is 26.1. The maximum absolute atomic E-state index is 12.0. The molecule has 0 amide bonds. The second-order valence-corrected chi connectivity index (χ2v) is 11.0. The van der Waals surface area contributed by atoms with E-state index in [-0.39, 0.29) is 18.5 Å². The number of esters is 1. The Balaban J connectivity index is 1.80. The quantitative estimate of drug-likeness (QED) is 0.337. The molecule has 1 fully saturated rings. The van der Waals surface area contributed by atoms with Gasteiger partial charge in [0.2, 0.25) is 5.95 Å². The lowest BCUT2D eigenvalue weighted by Gasteiger charge is -2.39. The fourth-order valence-corrected chi connectivity index (χ4v) is 5.60. The first-order valence-corrected chi connectivity index (χ1v) is 13.3. The molecule has 0 bridgehead atoms. The van der Waals surface area contributed by atoms with Crippen LogP contribution in [-0.2, 0) is 16.0 Å². The van der Waals surface area contributed by atoms with Crippen LogP contribution in [0.4, 0.5) is 11.6 Å². The van der Waals surface area contributed by atoms with Crippen LogP contribution >= 0.6 is 0 Å². The van der Waals surface area contributed by atoms with Crippen molar-refractivity contribution in [2.24, 2.45) is 17.8 Å². The lowest BCUT2D eigenvalue weighted by atomic mass is 9.74. The first-order valence-electron chi connectivity index (χ1n) is 13.3. The van der Waals surface area contributed by atoms with Gasteiger partial charge in [0.25, 0.3) is 0 Å². The number of fused-ring (bicyclic) bond motifs is 1. The molecule has 6 heteroatoms. The number of anilines is 2. The van der Waals surface area contributed by atoms with Gasteiger partial charge in [-0.25, -0.2) is 4.98 Å². The number of nitrogens with zero attached hydrogens (tertiary/aromatic N) is 2. The van der Waals surface area contributed by atoms with Crippen LogP contribution in [0.25, 0.3) is 11.0 Å². The van der Waals surface area contributed by atoms with E-state index in [2.05, 4.69) is 49.7 Å². The molecule has 0 aliphatic heterocycles. The van der Waals surface area contributed by atoms with Gasteiger partial charge in [0.1, 0.15) is 5.75 Å². The first-order chi connectivity index (χ1) is 17.2. The highest BCUT2D eigenvalue weighted by Gasteiger charge is 2.34. The van der Waals surface area contributed by atoms with Crippen molar-refractivity contribution in [3.63, 3.8) is 0 Å². The second-order valence-electron chi connectivity index (χ2n) is 11.0. The number of methoxy groups -OCH3 is 1. The number of aryl methyl sites for hydroxylation is 1. The second kappa shape index (κ2) is 10.9. The number of imidazole rings is 1. The van der Waals surface area contributed by atoms with E-state index in [1.54, 1.807) is 0 Å². The Morgan fingerprint density at radius 1 is 1.14 bits per heavy atom. The predicted molar refractivity (Wildman–Crippen MR) is 146 cm³/mol. The molecule has 1 heterocycles. The maximum Gasteiger partial charge on any atom is 0.309 e. The van der Waals surface area contributed by atoms with Crippen LogP contribution in [0.15, 0.2) is 36.4 Å². The Morgan fingerprint density at radius 3 is 2.50 bits per heavy atom. The Bertz CT molecular complexity index is 1200. The van der Waals surface area contributed by atoms with Crippen molar-refractivity contribution in [2.45, 2.75) is 79.4 Å². The zero-order valence-corrected chi connectivity index (χ0v) is 22.8. The largest absolute Gasteiger partial charge is 0.491 e. The molecule has 0 saturated heterocycles. The molecule has 1 aliphatic rings. The monoisotopic (exact) mass is 491 g/mol. The highest BCUT2D eigenvalue weighted by molar-refractivity contribution is 5.83. The van der Waals surface area contributed by atoms with E-state index in [4.69, 9.17) is 14.5 Å². The van der Waals surface area contributed by atoms with Gasteiger partial charge in [0.05, 0.1) is 30.7 Å². The molecule has 1 aliphatic carbocycles. The minimum atomic E-state index is -0.236. The van der Waals surface area contributed by atoms with Crippen LogP contribution in [0, 0.1) is 24.7 Å². The minimum Gasteiger partial charge on any atom is -0.491 e. The van der Waals surface area contributed by atoms with Crippen molar-refractivity contribution in [3.8, 4) is 5.75 Å². The molecular weight excluding hydrogens is 450 g/mol. The molecule has 1 saturated carbocycles. The molecular formula is C30H41N3O3. The summed E-state index contributed by atoms with van der Waals surface area (Å²) in [6.07, 6.45) is 4.02. The number of rotatable bonds is 8. The zero-order chi connectivity index (χ0) is 26.0. The maximum atomic E-state index is 12.0. The number of carbonyl (C=O) groups excluding carboxylic acids is 1. The van der Waals surface area contributed by atoms with Gasteiger partial charge in [-0.1, -0.05) is 27.2 Å². The molecule has 4 rings (SSSR count). The molecule has 6 nitrogen and oxygen atoms in total. The highest BCUT2D eigenvalue weighted by atomic mass is 16.5. The predicted octanol–water partition coefficient (Wildman–Crippen LogP) is 7.22. The average Bonchev–Trinajstić information content (AvgIpc) is 3.16. The van der Waals surface area contributed by atoms with Gasteiger partial charge in [-0.15, -0.1) is 0 Å². The van der Waals surface area contributed by atoms with Gasteiger partial charge in [0, 0.05) is 11.7 Å². The Kier molecular flexibility index (Phi) is 7.91. The van der Waals surface area contributed by atoms with Crippen LogP contribution in [0.5, 0.6) is 5.75 Å². The summed E-state index contributed by atoms with van der Waals surface area (Å²) in [7, 11) is 1.43. The van der Waals surface area contributed by atoms with Crippen LogP contribution in [0.3, 0.4) is 0 Å². The summed E-state index contributed by atoms with van der Waals surface area (Å²) < 4.78 is 13.2. The molecule has 3 atom stereocenters. The summed E-state index contributed by atoms with van der Waals surface area (Å²) in [4.78, 5) is 17.1. The third-order valence-corrected chi connectivity index (χ3v) is 7.51. The fourth-order valence-electron chi connectivity index (χ4n) is 5.60. The van der Waals surface area contributed by atoms with Gasteiger partial charge in [0.15, 0.2) is 0 Å². The number of carbonyl (C=O) groups is 1. The Morgan fingerprint density at radius 2 is 1.86 bits per heavy atom. The summed E-state index contributed by atoms with van der Waals surface area (Å²) in [5.41, 5.74) is 5.04.